The van der Waals surface area contributed by atoms with E-state index in [2.05, 4.69) is 4.99 Å². The van der Waals surface area contributed by atoms with Crippen LogP contribution in [0.2, 0.25) is 0 Å². The molecule has 0 radical (unpaired) electrons. The summed E-state index contributed by atoms with van der Waals surface area (Å²) in [5.41, 5.74) is 1.37. The maximum Gasteiger partial charge on any atom is 0.182 e. The molecule has 26 heavy (non-hydrogen) atoms. The number of carbonyl (C=O) groups excluding carboxylic acids is 1. The highest BCUT2D eigenvalue weighted by Gasteiger charge is 2.20. The van der Waals surface area contributed by atoms with E-state index in [0.717, 1.165) is 35.3 Å². The van der Waals surface area contributed by atoms with Crippen LogP contribution < -0.4 is 9.64 Å². The Labute approximate surface area is 167 Å². The van der Waals surface area contributed by atoms with Crippen molar-refractivity contribution in [1.29, 1.82) is 0 Å². The Morgan fingerprint density at radius 1 is 1.19 bits per heavy atom. The quantitative estimate of drug-likeness (QED) is 0.639. The van der Waals surface area contributed by atoms with Gasteiger partial charge in [0, 0.05) is 23.5 Å². The topological polar surface area (TPSA) is 41.9 Å². The van der Waals surface area contributed by atoms with Gasteiger partial charge in [0.25, 0.3) is 0 Å². The summed E-state index contributed by atoms with van der Waals surface area (Å²) in [5, 5.41) is 0.840. The van der Waals surface area contributed by atoms with Crippen LogP contribution in [0.3, 0.4) is 0 Å². The number of rotatable bonds is 5. The average Bonchev–Trinajstić information content (AvgIpc) is 2.67. The summed E-state index contributed by atoms with van der Waals surface area (Å²) in [7, 11) is 1.62. The van der Waals surface area contributed by atoms with Crippen molar-refractivity contribution in [3.05, 3.63) is 59.9 Å². The molecule has 2 aromatic carbocycles. The van der Waals surface area contributed by atoms with Gasteiger partial charge in [-0.05, 0) is 55.0 Å². The molecule has 0 amide bonds. The van der Waals surface area contributed by atoms with Crippen molar-refractivity contribution >= 4 is 45.4 Å². The molecule has 0 aromatic heterocycles. The monoisotopic (exact) mass is 438 g/mol. The molecule has 0 unspecified atom stereocenters. The van der Waals surface area contributed by atoms with Crippen molar-refractivity contribution in [2.45, 2.75) is 6.42 Å². The van der Waals surface area contributed by atoms with Crippen LogP contribution in [0.15, 0.2) is 53.5 Å². The number of amidine groups is 1. The van der Waals surface area contributed by atoms with Crippen molar-refractivity contribution in [2.75, 3.05) is 30.9 Å². The Balaban J connectivity index is 0.00000243. The Bertz CT molecular complexity index is 766. The average molecular weight is 439 g/mol. The third-order valence-corrected chi connectivity index (χ3v) is 4.96. The second-order valence-electron chi connectivity index (χ2n) is 5.58. The molecule has 1 aliphatic heterocycles. The molecule has 0 N–H and O–H groups in total. The normalized spacial score (nSPS) is 13.4. The van der Waals surface area contributed by atoms with Gasteiger partial charge >= 0.3 is 0 Å². The predicted octanol–water partition coefficient (Wildman–Crippen LogP) is 4.59. The first kappa shape index (κ1) is 20.5. The molecule has 0 saturated carbocycles. The molecule has 0 fully saturated rings. The lowest BCUT2D eigenvalue weighted by Gasteiger charge is -2.27. The van der Waals surface area contributed by atoms with Gasteiger partial charge in [0.15, 0.2) is 11.0 Å². The van der Waals surface area contributed by atoms with Crippen LogP contribution in [0, 0.1) is 5.82 Å². The van der Waals surface area contributed by atoms with Gasteiger partial charge in [-0.25, -0.2) is 4.39 Å². The number of hydrogen-bond donors (Lipinski definition) is 0. The summed E-state index contributed by atoms with van der Waals surface area (Å²) in [6.45, 7) is 0.920. The summed E-state index contributed by atoms with van der Waals surface area (Å²) < 4.78 is 18.3. The predicted molar refractivity (Wildman–Crippen MR) is 111 cm³/mol. The highest BCUT2D eigenvalue weighted by atomic mass is 79.9. The molecular weight excluding hydrogens is 419 g/mol. The van der Waals surface area contributed by atoms with Gasteiger partial charge in [0.05, 0.1) is 13.7 Å². The van der Waals surface area contributed by atoms with Crippen LogP contribution in [-0.2, 0) is 0 Å². The van der Waals surface area contributed by atoms with E-state index in [0.29, 0.717) is 5.56 Å². The summed E-state index contributed by atoms with van der Waals surface area (Å²) >= 11 is 1.65. The van der Waals surface area contributed by atoms with Gasteiger partial charge in [-0.1, -0.05) is 11.8 Å². The number of carbonyl (C=O) groups is 1. The zero-order valence-corrected chi connectivity index (χ0v) is 16.9. The number of methoxy groups -OCH3 is 1. The maximum atomic E-state index is 13.1. The third kappa shape index (κ3) is 5.08. The first-order valence-corrected chi connectivity index (χ1v) is 9.03. The number of benzene rings is 2. The molecule has 3 rings (SSSR count). The van der Waals surface area contributed by atoms with E-state index in [1.165, 1.54) is 24.3 Å². The van der Waals surface area contributed by atoms with Crippen LogP contribution in [0.25, 0.3) is 0 Å². The number of ketones is 1. The maximum absolute atomic E-state index is 13.1. The van der Waals surface area contributed by atoms with E-state index in [1.807, 2.05) is 29.2 Å². The number of hydrogen-bond acceptors (Lipinski definition) is 5. The summed E-state index contributed by atoms with van der Waals surface area (Å²) in [6.07, 6.45) is 1.04. The minimum Gasteiger partial charge on any atom is -0.497 e. The van der Waals surface area contributed by atoms with Crippen LogP contribution in [-0.4, -0.2) is 36.9 Å². The van der Waals surface area contributed by atoms with Crippen molar-refractivity contribution < 1.29 is 13.9 Å². The lowest BCUT2D eigenvalue weighted by Crippen LogP contribution is -2.35. The Morgan fingerprint density at radius 2 is 1.88 bits per heavy atom. The fourth-order valence-electron chi connectivity index (χ4n) is 2.51. The van der Waals surface area contributed by atoms with Crippen molar-refractivity contribution in [1.82, 2.24) is 0 Å². The SMILES string of the molecule is Br.COc1ccc(N(CC(=O)c2ccc(F)cc2)C2=NCCCS2)cc1. The van der Waals surface area contributed by atoms with Crippen molar-refractivity contribution in [3.8, 4) is 5.75 Å². The first-order valence-electron chi connectivity index (χ1n) is 8.05. The molecule has 0 bridgehead atoms. The largest absolute Gasteiger partial charge is 0.497 e. The fraction of sp³-hybridized carbons (Fsp3) is 0.263. The molecule has 7 heteroatoms. The van der Waals surface area contributed by atoms with E-state index in [4.69, 9.17) is 4.74 Å². The molecule has 138 valence electrons. The van der Waals surface area contributed by atoms with E-state index < -0.39 is 0 Å². The number of halogens is 2. The molecular formula is C19H20BrFN2O2S. The number of anilines is 1. The van der Waals surface area contributed by atoms with Crippen LogP contribution in [0.4, 0.5) is 10.1 Å². The minimum absolute atomic E-state index is 0. The second-order valence-corrected chi connectivity index (χ2v) is 6.64. The van der Waals surface area contributed by atoms with Gasteiger partial charge in [0.1, 0.15) is 11.6 Å². The molecule has 0 atom stereocenters. The van der Waals surface area contributed by atoms with Crippen molar-refractivity contribution in [3.63, 3.8) is 0 Å². The third-order valence-electron chi connectivity index (χ3n) is 3.86. The molecule has 0 spiro atoms. The smallest absolute Gasteiger partial charge is 0.182 e. The van der Waals surface area contributed by atoms with Crippen molar-refractivity contribution in [2.24, 2.45) is 4.99 Å². The second kappa shape index (κ2) is 9.73. The molecule has 1 heterocycles. The highest BCUT2D eigenvalue weighted by molar-refractivity contribution is 8.93. The highest BCUT2D eigenvalue weighted by Crippen LogP contribution is 2.25. The number of ether oxygens (including phenoxy) is 1. The molecule has 1 aliphatic rings. The zero-order valence-electron chi connectivity index (χ0n) is 14.4. The summed E-state index contributed by atoms with van der Waals surface area (Å²) in [6, 6.07) is 13.2. The van der Waals surface area contributed by atoms with Gasteiger partial charge < -0.3 is 9.64 Å². The first-order chi connectivity index (χ1) is 12.2. The lowest BCUT2D eigenvalue weighted by atomic mass is 10.1. The number of nitrogens with zero attached hydrogens (tertiary/aromatic N) is 2. The Morgan fingerprint density at radius 3 is 2.46 bits per heavy atom. The number of thioether (sulfide) groups is 1. The summed E-state index contributed by atoms with van der Waals surface area (Å²) in [4.78, 5) is 19.1. The van der Waals surface area contributed by atoms with E-state index in [-0.39, 0.29) is 35.1 Å². The molecule has 0 saturated heterocycles. The molecule has 2 aromatic rings. The Hall–Kier alpha value is -1.86. The summed E-state index contributed by atoms with van der Waals surface area (Å²) in [5.74, 6) is 1.31. The Kier molecular flexibility index (Phi) is 7.66. The van der Waals surface area contributed by atoms with Crippen LogP contribution in [0.1, 0.15) is 16.8 Å². The van der Waals surface area contributed by atoms with Gasteiger partial charge in [0.2, 0.25) is 0 Å². The lowest BCUT2D eigenvalue weighted by molar-refractivity contribution is 0.100. The van der Waals surface area contributed by atoms with Crippen LogP contribution >= 0.6 is 28.7 Å². The molecule has 0 aliphatic carbocycles. The standard InChI is InChI=1S/C19H19FN2O2S.BrH/c1-24-17-9-7-16(8-10-17)22(19-21-11-2-12-25-19)13-18(23)14-3-5-15(20)6-4-14;/h3-10H,2,11-13H2,1H3;1H. The van der Waals surface area contributed by atoms with Gasteiger partial charge in [-0.2, -0.15) is 0 Å². The van der Waals surface area contributed by atoms with Gasteiger partial charge in [-0.3, -0.25) is 9.79 Å². The fourth-order valence-corrected chi connectivity index (χ4v) is 3.48. The van der Waals surface area contributed by atoms with E-state index in [9.17, 15) is 9.18 Å². The minimum atomic E-state index is -0.351. The van der Waals surface area contributed by atoms with E-state index in [1.54, 1.807) is 18.9 Å². The number of aliphatic imine (C=N–C) groups is 1. The zero-order chi connectivity index (χ0) is 17.6. The number of Topliss-reactive ketones (excluding diaryl/α,β-unsaturated/α-hetero) is 1. The van der Waals surface area contributed by atoms with Crippen LogP contribution in [0.5, 0.6) is 5.75 Å². The molecule has 4 nitrogen and oxygen atoms in total. The van der Waals surface area contributed by atoms with E-state index >= 15 is 0 Å². The van der Waals surface area contributed by atoms with Gasteiger partial charge in [-0.15, -0.1) is 17.0 Å².